The maximum absolute atomic E-state index is 5.89. The van der Waals surface area contributed by atoms with Gasteiger partial charge in [-0.3, -0.25) is 0 Å². The fourth-order valence-corrected chi connectivity index (χ4v) is 2.05. The quantitative estimate of drug-likeness (QED) is 0.821. The minimum absolute atomic E-state index is 0.412. The summed E-state index contributed by atoms with van der Waals surface area (Å²) < 4.78 is 6.21. The van der Waals surface area contributed by atoms with Gasteiger partial charge < -0.3 is 10.5 Å². The third-order valence-electron chi connectivity index (χ3n) is 1.96. The highest BCUT2D eigenvalue weighted by atomic mass is 79.9. The fourth-order valence-electron chi connectivity index (χ4n) is 1.16. The average molecular weight is 334 g/mol. The maximum Gasteiger partial charge on any atom is 0.233 e. The van der Waals surface area contributed by atoms with E-state index >= 15 is 0 Å². The Balaban J connectivity index is 2.28. The van der Waals surface area contributed by atoms with E-state index in [9.17, 15) is 0 Å². The standard InChI is InChI=1S/C11H7BrCl2N2O/c12-8-3-6(13)5-16-11(8)17-7-1-2-10(15)9(14)4-7/h1-5H,15H2. The molecule has 1 aromatic carbocycles. The third-order valence-corrected chi connectivity index (χ3v) is 3.06. The van der Waals surface area contributed by atoms with Gasteiger partial charge in [-0.2, -0.15) is 0 Å². The van der Waals surface area contributed by atoms with Crippen molar-refractivity contribution in [1.29, 1.82) is 0 Å². The highest BCUT2D eigenvalue weighted by Crippen LogP contribution is 2.31. The Morgan fingerprint density at radius 3 is 2.65 bits per heavy atom. The number of ether oxygens (including phenoxy) is 1. The first-order valence-electron chi connectivity index (χ1n) is 4.60. The van der Waals surface area contributed by atoms with Gasteiger partial charge in [0.2, 0.25) is 5.88 Å². The third kappa shape index (κ3) is 3.03. The number of nitrogens with zero attached hydrogens (tertiary/aromatic N) is 1. The molecule has 0 saturated heterocycles. The summed E-state index contributed by atoms with van der Waals surface area (Å²) in [4.78, 5) is 4.05. The van der Waals surface area contributed by atoms with Crippen LogP contribution in [0.3, 0.4) is 0 Å². The Labute approximate surface area is 117 Å². The van der Waals surface area contributed by atoms with E-state index in [0.29, 0.717) is 31.8 Å². The van der Waals surface area contributed by atoms with Crippen LogP contribution in [0.15, 0.2) is 34.9 Å². The second-order valence-electron chi connectivity index (χ2n) is 3.23. The summed E-state index contributed by atoms with van der Waals surface area (Å²) in [5.41, 5.74) is 6.10. The second-order valence-corrected chi connectivity index (χ2v) is 4.92. The van der Waals surface area contributed by atoms with Gasteiger partial charge in [-0.25, -0.2) is 4.98 Å². The minimum atomic E-state index is 0.412. The van der Waals surface area contributed by atoms with E-state index in [1.54, 1.807) is 24.3 Å². The number of hydrogen-bond donors (Lipinski definition) is 1. The van der Waals surface area contributed by atoms with Crippen molar-refractivity contribution in [3.8, 4) is 11.6 Å². The molecule has 0 fully saturated rings. The lowest BCUT2D eigenvalue weighted by Crippen LogP contribution is -1.91. The number of rotatable bonds is 2. The van der Waals surface area contributed by atoms with Gasteiger partial charge in [0.25, 0.3) is 0 Å². The average Bonchev–Trinajstić information content (AvgIpc) is 2.27. The fraction of sp³-hybridized carbons (Fsp3) is 0. The van der Waals surface area contributed by atoms with Crippen LogP contribution in [-0.4, -0.2) is 4.98 Å². The molecule has 88 valence electrons. The van der Waals surface area contributed by atoms with Gasteiger partial charge in [0, 0.05) is 12.3 Å². The number of halogens is 3. The van der Waals surface area contributed by atoms with Crippen molar-refractivity contribution in [2.24, 2.45) is 0 Å². The molecule has 0 saturated carbocycles. The van der Waals surface area contributed by atoms with Crippen LogP contribution in [0.2, 0.25) is 10.0 Å². The van der Waals surface area contributed by atoms with E-state index in [-0.39, 0.29) is 0 Å². The van der Waals surface area contributed by atoms with Crippen LogP contribution >= 0.6 is 39.1 Å². The molecule has 2 aromatic rings. The molecular weight excluding hydrogens is 327 g/mol. The lowest BCUT2D eigenvalue weighted by atomic mass is 10.3. The van der Waals surface area contributed by atoms with Crippen LogP contribution in [0.25, 0.3) is 0 Å². The molecule has 2 N–H and O–H groups in total. The Morgan fingerprint density at radius 2 is 2.00 bits per heavy atom. The van der Waals surface area contributed by atoms with Gasteiger partial charge in [-0.15, -0.1) is 0 Å². The first-order chi connectivity index (χ1) is 8.06. The zero-order valence-electron chi connectivity index (χ0n) is 8.45. The van der Waals surface area contributed by atoms with Gasteiger partial charge in [0.05, 0.1) is 20.2 Å². The number of pyridine rings is 1. The number of benzene rings is 1. The van der Waals surface area contributed by atoms with E-state index in [1.165, 1.54) is 6.20 Å². The summed E-state index contributed by atoms with van der Waals surface area (Å²) in [5.74, 6) is 0.968. The van der Waals surface area contributed by atoms with Crippen LogP contribution in [0.5, 0.6) is 11.6 Å². The summed E-state index contributed by atoms with van der Waals surface area (Å²) in [6, 6.07) is 6.70. The molecule has 0 bridgehead atoms. The van der Waals surface area contributed by atoms with Crippen molar-refractivity contribution in [1.82, 2.24) is 4.98 Å². The number of anilines is 1. The number of hydrogen-bond acceptors (Lipinski definition) is 3. The smallest absolute Gasteiger partial charge is 0.233 e. The zero-order chi connectivity index (χ0) is 12.4. The van der Waals surface area contributed by atoms with E-state index in [4.69, 9.17) is 33.7 Å². The Hall–Kier alpha value is -0.970. The Morgan fingerprint density at radius 1 is 1.24 bits per heavy atom. The molecule has 0 aliphatic carbocycles. The van der Waals surface area contributed by atoms with Crippen LogP contribution in [0, 0.1) is 0 Å². The van der Waals surface area contributed by atoms with Crippen LogP contribution in [-0.2, 0) is 0 Å². The number of nitrogen functional groups attached to an aromatic ring is 1. The van der Waals surface area contributed by atoms with Crippen LogP contribution in [0.1, 0.15) is 0 Å². The van der Waals surface area contributed by atoms with Crippen LogP contribution < -0.4 is 10.5 Å². The summed E-state index contributed by atoms with van der Waals surface area (Å²) in [5, 5.41) is 0.965. The molecule has 0 unspecified atom stereocenters. The van der Waals surface area contributed by atoms with Crippen molar-refractivity contribution in [3.05, 3.63) is 45.0 Å². The molecule has 6 heteroatoms. The van der Waals surface area contributed by atoms with Gasteiger partial charge in [0.1, 0.15) is 5.75 Å². The van der Waals surface area contributed by atoms with E-state index in [0.717, 1.165) is 0 Å². The normalized spacial score (nSPS) is 10.3. The largest absolute Gasteiger partial charge is 0.438 e. The van der Waals surface area contributed by atoms with Crippen molar-refractivity contribution in [2.75, 3.05) is 5.73 Å². The molecule has 1 aromatic heterocycles. The lowest BCUT2D eigenvalue weighted by molar-refractivity contribution is 0.460. The molecule has 1 heterocycles. The zero-order valence-corrected chi connectivity index (χ0v) is 11.6. The first kappa shape index (κ1) is 12.5. The molecule has 0 atom stereocenters. The van der Waals surface area contributed by atoms with Gasteiger partial charge >= 0.3 is 0 Å². The van der Waals surface area contributed by atoms with Crippen molar-refractivity contribution >= 4 is 44.8 Å². The van der Waals surface area contributed by atoms with E-state index < -0.39 is 0 Å². The lowest BCUT2D eigenvalue weighted by Gasteiger charge is -2.07. The topological polar surface area (TPSA) is 48.1 Å². The highest BCUT2D eigenvalue weighted by Gasteiger charge is 2.06. The Bertz CT molecular complexity index is 563. The molecule has 0 aliphatic rings. The molecule has 17 heavy (non-hydrogen) atoms. The summed E-state index contributed by atoms with van der Waals surface area (Å²) >= 11 is 15.0. The van der Waals surface area contributed by atoms with Crippen molar-refractivity contribution < 1.29 is 4.74 Å². The minimum Gasteiger partial charge on any atom is -0.438 e. The molecule has 0 spiro atoms. The first-order valence-corrected chi connectivity index (χ1v) is 6.15. The maximum atomic E-state index is 5.89. The number of aromatic nitrogens is 1. The molecule has 0 amide bonds. The van der Waals surface area contributed by atoms with Gasteiger partial charge in [-0.1, -0.05) is 23.2 Å². The van der Waals surface area contributed by atoms with Crippen molar-refractivity contribution in [2.45, 2.75) is 0 Å². The molecule has 2 rings (SSSR count). The second kappa shape index (κ2) is 5.12. The monoisotopic (exact) mass is 332 g/mol. The SMILES string of the molecule is Nc1ccc(Oc2ncc(Cl)cc2Br)cc1Cl. The van der Waals surface area contributed by atoms with Crippen molar-refractivity contribution in [3.63, 3.8) is 0 Å². The summed E-state index contributed by atoms with van der Waals surface area (Å²) in [6.45, 7) is 0. The van der Waals surface area contributed by atoms with E-state index in [2.05, 4.69) is 20.9 Å². The van der Waals surface area contributed by atoms with Gasteiger partial charge in [-0.05, 0) is 34.1 Å². The summed E-state index contributed by atoms with van der Waals surface area (Å²) in [7, 11) is 0. The van der Waals surface area contributed by atoms with Gasteiger partial charge in [0.15, 0.2) is 0 Å². The molecular formula is C11H7BrCl2N2O. The Kier molecular flexibility index (Phi) is 3.76. The molecule has 3 nitrogen and oxygen atoms in total. The predicted octanol–water partition coefficient (Wildman–Crippen LogP) is 4.53. The number of nitrogens with two attached hydrogens (primary N) is 1. The van der Waals surface area contributed by atoms with Crippen LogP contribution in [0.4, 0.5) is 5.69 Å². The van der Waals surface area contributed by atoms with E-state index in [1.807, 2.05) is 0 Å². The predicted molar refractivity (Wildman–Crippen MR) is 72.9 cm³/mol. The molecule has 0 aliphatic heterocycles. The highest BCUT2D eigenvalue weighted by molar-refractivity contribution is 9.10. The summed E-state index contributed by atoms with van der Waals surface area (Å²) in [6.07, 6.45) is 1.50. The molecule has 0 radical (unpaired) electrons.